The van der Waals surface area contributed by atoms with Crippen LogP contribution in [0.1, 0.15) is 23.1 Å². The second-order valence-electron chi connectivity index (χ2n) is 7.35. The first kappa shape index (κ1) is 19.7. The first-order chi connectivity index (χ1) is 13.1. The molecule has 0 radical (unpaired) electrons. The molecule has 146 valence electrons. The maximum atomic E-state index is 10.2. The molecule has 0 aliphatic carbocycles. The number of hydrogen-bond donors (Lipinski definition) is 2. The lowest BCUT2D eigenvalue weighted by Crippen LogP contribution is -2.52. The van der Waals surface area contributed by atoms with Gasteiger partial charge in [0, 0.05) is 57.0 Å². The molecule has 2 aromatic carbocycles. The molecule has 1 atom stereocenters. The number of piperazine rings is 1. The zero-order valence-corrected chi connectivity index (χ0v) is 16.3. The highest BCUT2D eigenvalue weighted by molar-refractivity contribution is 5.39. The smallest absolute Gasteiger partial charge is 0.123 e. The Hall–Kier alpha value is -2.08. The van der Waals surface area contributed by atoms with E-state index in [0.29, 0.717) is 18.3 Å². The number of hydrogen-bond acceptors (Lipinski definition) is 5. The van der Waals surface area contributed by atoms with Crippen molar-refractivity contribution in [2.45, 2.75) is 32.5 Å². The molecule has 0 aromatic heterocycles. The summed E-state index contributed by atoms with van der Waals surface area (Å²) in [4.78, 5) is 4.82. The summed E-state index contributed by atoms with van der Waals surface area (Å²) in [5.41, 5.74) is 3.49. The average molecular weight is 370 g/mol. The number of rotatable bonds is 7. The summed E-state index contributed by atoms with van der Waals surface area (Å²) < 4.78 is 5.16. The molecule has 27 heavy (non-hydrogen) atoms. The van der Waals surface area contributed by atoms with Gasteiger partial charge in [0.1, 0.15) is 11.5 Å². The number of benzene rings is 2. The van der Waals surface area contributed by atoms with Gasteiger partial charge in [-0.1, -0.05) is 35.9 Å². The monoisotopic (exact) mass is 370 g/mol. The number of nitrogens with zero attached hydrogens (tertiary/aromatic N) is 2. The van der Waals surface area contributed by atoms with Gasteiger partial charge in [0.25, 0.3) is 0 Å². The summed E-state index contributed by atoms with van der Waals surface area (Å²) in [6, 6.07) is 14.5. The summed E-state index contributed by atoms with van der Waals surface area (Å²) in [6.45, 7) is 6.69. The van der Waals surface area contributed by atoms with Gasteiger partial charge in [-0.05, 0) is 25.0 Å². The Morgan fingerprint density at radius 3 is 2.52 bits per heavy atom. The van der Waals surface area contributed by atoms with Gasteiger partial charge >= 0.3 is 0 Å². The minimum Gasteiger partial charge on any atom is -0.507 e. The SMILES string of the molecule is COc1ccc(CN2CCN(Cc3ccc(C)cc3)C(CCO)C2)c(O)c1. The number of ether oxygens (including phenoxy) is 1. The molecule has 0 saturated carbocycles. The molecule has 2 N–H and O–H groups in total. The number of phenols is 1. The van der Waals surface area contributed by atoms with Gasteiger partial charge in [0.15, 0.2) is 0 Å². The molecule has 3 rings (SSSR count). The van der Waals surface area contributed by atoms with Crippen molar-refractivity contribution in [1.29, 1.82) is 0 Å². The highest BCUT2D eigenvalue weighted by Crippen LogP contribution is 2.26. The van der Waals surface area contributed by atoms with Crippen LogP contribution in [0.5, 0.6) is 11.5 Å². The maximum Gasteiger partial charge on any atom is 0.123 e. The molecule has 0 bridgehead atoms. The summed E-state index contributed by atoms with van der Waals surface area (Å²) in [6.07, 6.45) is 0.761. The van der Waals surface area contributed by atoms with Crippen LogP contribution in [0.2, 0.25) is 0 Å². The van der Waals surface area contributed by atoms with Gasteiger partial charge in [0.05, 0.1) is 7.11 Å². The second kappa shape index (κ2) is 9.22. The molecule has 0 amide bonds. The Morgan fingerprint density at radius 2 is 1.85 bits per heavy atom. The minimum absolute atomic E-state index is 0.191. The van der Waals surface area contributed by atoms with Crippen molar-refractivity contribution in [2.75, 3.05) is 33.4 Å². The molecule has 1 fully saturated rings. The topological polar surface area (TPSA) is 56.2 Å². The highest BCUT2D eigenvalue weighted by atomic mass is 16.5. The van der Waals surface area contributed by atoms with Gasteiger partial charge in [-0.25, -0.2) is 0 Å². The number of aromatic hydroxyl groups is 1. The van der Waals surface area contributed by atoms with Gasteiger partial charge in [-0.2, -0.15) is 0 Å². The van der Waals surface area contributed by atoms with Crippen molar-refractivity contribution in [3.05, 3.63) is 59.2 Å². The van der Waals surface area contributed by atoms with E-state index < -0.39 is 0 Å². The fourth-order valence-corrected chi connectivity index (χ4v) is 3.71. The van der Waals surface area contributed by atoms with Crippen LogP contribution >= 0.6 is 0 Å². The van der Waals surface area contributed by atoms with Crippen LogP contribution in [0.4, 0.5) is 0 Å². The summed E-state index contributed by atoms with van der Waals surface area (Å²) >= 11 is 0. The van der Waals surface area contributed by atoms with E-state index in [9.17, 15) is 10.2 Å². The van der Waals surface area contributed by atoms with E-state index in [0.717, 1.165) is 38.2 Å². The van der Waals surface area contributed by atoms with Crippen molar-refractivity contribution < 1.29 is 14.9 Å². The van der Waals surface area contributed by atoms with E-state index in [-0.39, 0.29) is 12.4 Å². The van der Waals surface area contributed by atoms with Crippen LogP contribution < -0.4 is 4.74 Å². The third-order valence-electron chi connectivity index (χ3n) is 5.34. The zero-order valence-electron chi connectivity index (χ0n) is 16.3. The van der Waals surface area contributed by atoms with Crippen LogP contribution in [0.3, 0.4) is 0 Å². The molecular formula is C22H30N2O3. The molecule has 1 saturated heterocycles. The molecule has 5 nitrogen and oxygen atoms in total. The molecule has 2 aromatic rings. The number of aliphatic hydroxyl groups excluding tert-OH is 1. The molecule has 5 heteroatoms. The molecule has 1 unspecified atom stereocenters. The lowest BCUT2D eigenvalue weighted by molar-refractivity contribution is 0.0496. The van der Waals surface area contributed by atoms with Crippen molar-refractivity contribution in [3.8, 4) is 11.5 Å². The van der Waals surface area contributed by atoms with Crippen molar-refractivity contribution in [3.63, 3.8) is 0 Å². The maximum absolute atomic E-state index is 10.2. The number of aryl methyl sites for hydroxylation is 1. The number of phenolic OH excluding ortho intramolecular Hbond substituents is 1. The van der Waals surface area contributed by atoms with E-state index in [1.807, 2.05) is 12.1 Å². The number of aliphatic hydroxyl groups is 1. The molecule has 1 heterocycles. The molecule has 0 spiro atoms. The van der Waals surface area contributed by atoms with E-state index in [4.69, 9.17) is 4.74 Å². The van der Waals surface area contributed by atoms with Crippen LogP contribution in [-0.4, -0.2) is 59.4 Å². The average Bonchev–Trinajstić information content (AvgIpc) is 2.67. The predicted octanol–water partition coefficient (Wildman–Crippen LogP) is 2.78. The quantitative estimate of drug-likeness (QED) is 0.785. The fourth-order valence-electron chi connectivity index (χ4n) is 3.71. The van der Waals surface area contributed by atoms with Gasteiger partial charge in [-0.15, -0.1) is 0 Å². The van der Waals surface area contributed by atoms with Gasteiger partial charge < -0.3 is 14.9 Å². The summed E-state index contributed by atoms with van der Waals surface area (Å²) in [5, 5.41) is 19.8. The fraction of sp³-hybridized carbons (Fsp3) is 0.455. The van der Waals surface area contributed by atoms with Gasteiger partial charge in [0.2, 0.25) is 0 Å². The lowest BCUT2D eigenvalue weighted by Gasteiger charge is -2.41. The largest absolute Gasteiger partial charge is 0.507 e. The van der Waals surface area contributed by atoms with E-state index in [1.165, 1.54) is 11.1 Å². The Bertz CT molecular complexity index is 733. The Morgan fingerprint density at radius 1 is 1.07 bits per heavy atom. The van der Waals surface area contributed by atoms with Crippen LogP contribution in [0.15, 0.2) is 42.5 Å². The normalized spacial score (nSPS) is 18.6. The minimum atomic E-state index is 0.191. The summed E-state index contributed by atoms with van der Waals surface area (Å²) in [7, 11) is 1.60. The van der Waals surface area contributed by atoms with Gasteiger partial charge in [-0.3, -0.25) is 9.80 Å². The molecular weight excluding hydrogens is 340 g/mol. The Labute approximate surface area is 161 Å². The van der Waals surface area contributed by atoms with E-state index in [1.54, 1.807) is 13.2 Å². The highest BCUT2D eigenvalue weighted by Gasteiger charge is 2.27. The lowest BCUT2D eigenvalue weighted by atomic mass is 10.1. The number of methoxy groups -OCH3 is 1. The van der Waals surface area contributed by atoms with Crippen molar-refractivity contribution >= 4 is 0 Å². The zero-order chi connectivity index (χ0) is 19.2. The van der Waals surface area contributed by atoms with Crippen molar-refractivity contribution in [2.24, 2.45) is 0 Å². The second-order valence-corrected chi connectivity index (χ2v) is 7.35. The molecule has 1 aliphatic heterocycles. The van der Waals surface area contributed by atoms with Crippen LogP contribution in [-0.2, 0) is 13.1 Å². The van der Waals surface area contributed by atoms with E-state index in [2.05, 4.69) is 41.0 Å². The third-order valence-corrected chi connectivity index (χ3v) is 5.34. The first-order valence-electron chi connectivity index (χ1n) is 9.57. The first-order valence-corrected chi connectivity index (χ1v) is 9.57. The van der Waals surface area contributed by atoms with Crippen LogP contribution in [0, 0.1) is 6.92 Å². The predicted molar refractivity (Wildman–Crippen MR) is 107 cm³/mol. The summed E-state index contributed by atoms with van der Waals surface area (Å²) in [5.74, 6) is 0.937. The van der Waals surface area contributed by atoms with Crippen LogP contribution in [0.25, 0.3) is 0 Å². The Balaban J connectivity index is 1.63. The Kier molecular flexibility index (Phi) is 6.72. The standard InChI is InChI=1S/C22H30N2O3/c1-17-3-5-18(6-4-17)14-24-11-10-23(16-20(24)9-12-25)15-19-7-8-21(27-2)13-22(19)26/h3-8,13,20,25-26H,9-12,14-16H2,1-2H3. The van der Waals surface area contributed by atoms with E-state index >= 15 is 0 Å². The third kappa shape index (κ3) is 5.22. The van der Waals surface area contributed by atoms with Crippen molar-refractivity contribution in [1.82, 2.24) is 9.80 Å². The molecule has 1 aliphatic rings.